The van der Waals surface area contributed by atoms with Crippen molar-refractivity contribution in [2.75, 3.05) is 13.2 Å². The van der Waals surface area contributed by atoms with E-state index in [1.165, 1.54) is 0 Å². The molecule has 160 valence electrons. The molecule has 0 aromatic heterocycles. The lowest BCUT2D eigenvalue weighted by molar-refractivity contribution is -0.152. The van der Waals surface area contributed by atoms with E-state index < -0.39 is 35.6 Å². The van der Waals surface area contributed by atoms with E-state index in [1.54, 1.807) is 45.0 Å². The smallest absolute Gasteiger partial charge is 0.407 e. The van der Waals surface area contributed by atoms with Crippen molar-refractivity contribution in [3.05, 3.63) is 29.8 Å². The summed E-state index contributed by atoms with van der Waals surface area (Å²) in [5, 5.41) is 22.2. The molecule has 0 heterocycles. The topological polar surface area (TPSA) is 151 Å². The molecule has 1 aromatic rings. The Morgan fingerprint density at radius 3 is 2.21 bits per heavy atom. The summed E-state index contributed by atoms with van der Waals surface area (Å²) in [7, 11) is 0. The second kappa shape index (κ2) is 10.9. The first kappa shape index (κ1) is 23.7. The van der Waals surface area contributed by atoms with Gasteiger partial charge in [0.1, 0.15) is 17.4 Å². The molecule has 0 aliphatic rings. The van der Waals surface area contributed by atoms with E-state index in [0.717, 1.165) is 0 Å². The van der Waals surface area contributed by atoms with Crippen LogP contribution in [0.15, 0.2) is 24.3 Å². The first-order chi connectivity index (χ1) is 13.5. The Labute approximate surface area is 168 Å². The molecule has 1 aromatic carbocycles. The van der Waals surface area contributed by atoms with E-state index in [2.05, 4.69) is 5.32 Å². The molecule has 1 unspecified atom stereocenters. The number of nitrogens with one attached hydrogen (secondary N) is 2. The third kappa shape index (κ3) is 9.99. The summed E-state index contributed by atoms with van der Waals surface area (Å²) in [5.74, 6) is -3.91. The second-order valence-corrected chi connectivity index (χ2v) is 7.15. The molecule has 10 heteroatoms. The quantitative estimate of drug-likeness (QED) is 0.350. The molecule has 0 saturated carbocycles. The Balaban J connectivity index is 2.41. The monoisotopic (exact) mass is 410 g/mol. The van der Waals surface area contributed by atoms with E-state index in [1.807, 2.05) is 5.32 Å². The van der Waals surface area contributed by atoms with Gasteiger partial charge in [-0.1, -0.05) is 12.1 Å². The number of hydrogen-bond acceptors (Lipinski definition) is 6. The maximum Gasteiger partial charge on any atom is 0.407 e. The van der Waals surface area contributed by atoms with Crippen LogP contribution in [-0.2, 0) is 25.5 Å². The van der Waals surface area contributed by atoms with E-state index in [4.69, 9.17) is 19.7 Å². The molecule has 4 N–H and O–H groups in total. The van der Waals surface area contributed by atoms with Crippen LogP contribution in [0.5, 0.6) is 5.75 Å². The van der Waals surface area contributed by atoms with Crippen molar-refractivity contribution < 1.29 is 38.9 Å². The summed E-state index contributed by atoms with van der Waals surface area (Å²) < 4.78 is 10.6. The van der Waals surface area contributed by atoms with E-state index in [9.17, 15) is 19.2 Å². The van der Waals surface area contributed by atoms with Gasteiger partial charge in [0, 0.05) is 13.0 Å². The first-order valence-corrected chi connectivity index (χ1v) is 8.93. The number of benzene rings is 1. The van der Waals surface area contributed by atoms with Crippen molar-refractivity contribution in [2.24, 2.45) is 0 Å². The van der Waals surface area contributed by atoms with Crippen LogP contribution in [0, 0.1) is 0 Å². The molecule has 1 rings (SSSR count). The van der Waals surface area contributed by atoms with Crippen molar-refractivity contribution >= 4 is 23.9 Å². The number of carboxylic acids is 2. The molecule has 1 atom stereocenters. The Bertz CT molecular complexity index is 725. The standard InChI is InChI=1S/C19H26N2O8/c1-19(2,3)29-18(27)20-9-4-10-28-13-7-5-12(6-8-13)11-14(16(23)24)21-15(22)17(25)26/h5-8,14H,4,9-11H2,1-3H3,(H,20,27)(H,21,22)(H,23,24)(H,25,26). The maximum absolute atomic E-state index is 11.5. The predicted octanol–water partition coefficient (Wildman–Crippen LogP) is 1.18. The van der Waals surface area contributed by atoms with Gasteiger partial charge in [0.15, 0.2) is 0 Å². The van der Waals surface area contributed by atoms with E-state index in [-0.39, 0.29) is 6.42 Å². The molecule has 10 nitrogen and oxygen atoms in total. The lowest BCUT2D eigenvalue weighted by Crippen LogP contribution is -2.45. The van der Waals surface area contributed by atoms with Gasteiger partial charge in [0.2, 0.25) is 0 Å². The maximum atomic E-state index is 11.5. The first-order valence-electron chi connectivity index (χ1n) is 8.93. The zero-order valence-corrected chi connectivity index (χ0v) is 16.6. The van der Waals surface area contributed by atoms with Gasteiger partial charge in [-0.2, -0.15) is 0 Å². The van der Waals surface area contributed by atoms with Crippen LogP contribution in [0.1, 0.15) is 32.8 Å². The molecule has 0 aliphatic heterocycles. The molecule has 0 saturated heterocycles. The van der Waals surface area contributed by atoms with Gasteiger partial charge >= 0.3 is 23.9 Å². The molecule has 0 bridgehead atoms. The summed E-state index contributed by atoms with van der Waals surface area (Å²) in [6.45, 7) is 6.06. The Morgan fingerprint density at radius 1 is 1.07 bits per heavy atom. The SMILES string of the molecule is CC(C)(C)OC(=O)NCCCOc1ccc(CC(NC(=O)C(=O)O)C(=O)O)cc1. The lowest BCUT2D eigenvalue weighted by atomic mass is 10.1. The fraction of sp³-hybridized carbons (Fsp3) is 0.474. The van der Waals surface area contributed by atoms with Crippen molar-refractivity contribution in [3.8, 4) is 5.75 Å². The van der Waals surface area contributed by atoms with Gasteiger partial charge in [-0.15, -0.1) is 0 Å². The number of rotatable bonds is 9. The molecular weight excluding hydrogens is 384 g/mol. The highest BCUT2D eigenvalue weighted by Gasteiger charge is 2.23. The normalized spacial score (nSPS) is 11.8. The summed E-state index contributed by atoms with van der Waals surface area (Å²) in [4.78, 5) is 44.4. The average molecular weight is 410 g/mol. The number of amides is 2. The molecular formula is C19H26N2O8. The zero-order chi connectivity index (χ0) is 22.0. The largest absolute Gasteiger partial charge is 0.494 e. The fourth-order valence-corrected chi connectivity index (χ4v) is 2.14. The van der Waals surface area contributed by atoms with Crippen molar-refractivity contribution in [3.63, 3.8) is 0 Å². The lowest BCUT2D eigenvalue weighted by Gasteiger charge is -2.19. The van der Waals surface area contributed by atoms with Crippen LogP contribution < -0.4 is 15.4 Å². The van der Waals surface area contributed by atoms with Crippen LogP contribution in [-0.4, -0.2) is 58.9 Å². The minimum absolute atomic E-state index is 0.0750. The van der Waals surface area contributed by atoms with Crippen LogP contribution in [0.4, 0.5) is 4.79 Å². The zero-order valence-electron chi connectivity index (χ0n) is 16.6. The van der Waals surface area contributed by atoms with Gasteiger partial charge in [-0.05, 0) is 44.9 Å². The van der Waals surface area contributed by atoms with Crippen LogP contribution in [0.2, 0.25) is 0 Å². The second-order valence-electron chi connectivity index (χ2n) is 7.15. The Hall–Kier alpha value is -3.30. The van der Waals surface area contributed by atoms with Crippen molar-refractivity contribution in [2.45, 2.75) is 45.3 Å². The molecule has 0 radical (unpaired) electrons. The van der Waals surface area contributed by atoms with Gasteiger partial charge in [-0.25, -0.2) is 14.4 Å². The van der Waals surface area contributed by atoms with Crippen LogP contribution in [0.3, 0.4) is 0 Å². The number of carbonyl (C=O) groups excluding carboxylic acids is 2. The summed E-state index contributed by atoms with van der Waals surface area (Å²) in [5.41, 5.74) is 0.0281. The van der Waals surface area contributed by atoms with Gasteiger partial charge in [0.05, 0.1) is 6.61 Å². The van der Waals surface area contributed by atoms with Gasteiger partial charge in [0.25, 0.3) is 0 Å². The number of aliphatic carboxylic acids is 2. The predicted molar refractivity (Wildman–Crippen MR) is 102 cm³/mol. The Morgan fingerprint density at radius 2 is 1.69 bits per heavy atom. The summed E-state index contributed by atoms with van der Waals surface area (Å²) in [6.07, 6.45) is -0.0117. The average Bonchev–Trinajstić information content (AvgIpc) is 2.60. The summed E-state index contributed by atoms with van der Waals surface area (Å²) >= 11 is 0. The third-order valence-corrected chi connectivity index (χ3v) is 3.42. The highest BCUT2D eigenvalue weighted by molar-refractivity contribution is 6.31. The van der Waals surface area contributed by atoms with Gasteiger partial charge < -0.3 is 30.3 Å². The molecule has 2 amide bonds. The highest BCUT2D eigenvalue weighted by Crippen LogP contribution is 2.14. The minimum Gasteiger partial charge on any atom is -0.494 e. The van der Waals surface area contributed by atoms with Gasteiger partial charge in [-0.3, -0.25) is 4.79 Å². The fourth-order valence-electron chi connectivity index (χ4n) is 2.14. The number of hydrogen-bond donors (Lipinski definition) is 4. The summed E-state index contributed by atoms with van der Waals surface area (Å²) in [6, 6.07) is 5.15. The molecule has 0 fully saturated rings. The van der Waals surface area contributed by atoms with E-state index >= 15 is 0 Å². The molecule has 0 aliphatic carbocycles. The number of carboxylic acid groups (broad SMARTS) is 2. The Kier molecular flexibility index (Phi) is 8.91. The molecule has 29 heavy (non-hydrogen) atoms. The number of alkyl carbamates (subject to hydrolysis) is 1. The third-order valence-electron chi connectivity index (χ3n) is 3.42. The minimum atomic E-state index is -1.75. The van der Waals surface area contributed by atoms with Crippen molar-refractivity contribution in [1.29, 1.82) is 0 Å². The number of ether oxygens (including phenoxy) is 2. The molecule has 0 spiro atoms. The van der Waals surface area contributed by atoms with Crippen molar-refractivity contribution in [1.82, 2.24) is 10.6 Å². The van der Waals surface area contributed by atoms with Crippen LogP contribution >= 0.6 is 0 Å². The van der Waals surface area contributed by atoms with Crippen LogP contribution in [0.25, 0.3) is 0 Å². The number of carbonyl (C=O) groups is 4. The van der Waals surface area contributed by atoms with E-state index in [0.29, 0.717) is 30.9 Å². The highest BCUT2D eigenvalue weighted by atomic mass is 16.6.